The Hall–Kier alpha value is -2.60. The Morgan fingerprint density at radius 1 is 0.636 bits per heavy atom. The highest BCUT2D eigenvalue weighted by Crippen LogP contribution is 2.51. The molecular formula is C22H16. The van der Waals surface area contributed by atoms with Crippen LogP contribution < -0.4 is 0 Å². The van der Waals surface area contributed by atoms with Crippen LogP contribution in [-0.2, 0) is 0 Å². The summed E-state index contributed by atoms with van der Waals surface area (Å²) in [4.78, 5) is 0. The summed E-state index contributed by atoms with van der Waals surface area (Å²) < 4.78 is 0. The van der Waals surface area contributed by atoms with Gasteiger partial charge >= 0.3 is 0 Å². The molecule has 0 atom stereocenters. The average Bonchev–Trinajstić information content (AvgIpc) is 2.88. The molecule has 0 aromatic heterocycles. The monoisotopic (exact) mass is 280 g/mol. The Balaban J connectivity index is 2.07. The van der Waals surface area contributed by atoms with Gasteiger partial charge in [-0.1, -0.05) is 66.2 Å². The first kappa shape index (κ1) is 12.0. The van der Waals surface area contributed by atoms with Crippen molar-refractivity contribution in [3.63, 3.8) is 0 Å². The minimum absolute atomic E-state index is 1.32. The van der Waals surface area contributed by atoms with Crippen LogP contribution in [0.1, 0.15) is 11.1 Å². The predicted molar refractivity (Wildman–Crippen MR) is 95.4 cm³/mol. The standard InChI is InChI=1S/C22H16/c1-13-6-8-15-10-11-18-20-14(2)7-9-16-4-3-5-17(21(16)20)22(18)19(15)12-13/h3-12H,1-2H3. The van der Waals surface area contributed by atoms with Gasteiger partial charge < -0.3 is 0 Å². The molecule has 1 aliphatic rings. The van der Waals surface area contributed by atoms with E-state index in [0.717, 1.165) is 0 Å². The molecule has 5 rings (SSSR count). The molecule has 0 saturated heterocycles. The van der Waals surface area contributed by atoms with E-state index in [2.05, 4.69) is 74.5 Å². The molecule has 0 aliphatic heterocycles. The lowest BCUT2D eigenvalue weighted by Crippen LogP contribution is -1.83. The van der Waals surface area contributed by atoms with Gasteiger partial charge in [0.1, 0.15) is 0 Å². The Morgan fingerprint density at radius 3 is 2.36 bits per heavy atom. The molecule has 0 nitrogen and oxygen atoms in total. The van der Waals surface area contributed by atoms with Crippen molar-refractivity contribution in [2.24, 2.45) is 0 Å². The van der Waals surface area contributed by atoms with Crippen molar-refractivity contribution in [1.82, 2.24) is 0 Å². The van der Waals surface area contributed by atoms with Gasteiger partial charge in [-0.2, -0.15) is 0 Å². The van der Waals surface area contributed by atoms with E-state index < -0.39 is 0 Å². The summed E-state index contributed by atoms with van der Waals surface area (Å²) in [6, 6.07) is 22.5. The fraction of sp³-hybridized carbons (Fsp3) is 0.0909. The van der Waals surface area contributed by atoms with E-state index in [1.807, 2.05) is 0 Å². The molecule has 0 fully saturated rings. The molecule has 4 aromatic rings. The van der Waals surface area contributed by atoms with Gasteiger partial charge in [-0.05, 0) is 63.2 Å². The minimum Gasteiger partial charge on any atom is -0.0610 e. The first-order chi connectivity index (χ1) is 10.7. The Kier molecular flexibility index (Phi) is 2.17. The fourth-order valence-electron chi connectivity index (χ4n) is 3.97. The van der Waals surface area contributed by atoms with Crippen molar-refractivity contribution in [2.45, 2.75) is 13.8 Å². The highest BCUT2D eigenvalue weighted by molar-refractivity contribution is 6.21. The average molecular weight is 280 g/mol. The Labute approximate surface area is 130 Å². The molecule has 1 aliphatic carbocycles. The van der Waals surface area contributed by atoms with Gasteiger partial charge in [-0.25, -0.2) is 0 Å². The van der Waals surface area contributed by atoms with Gasteiger partial charge in [0, 0.05) is 0 Å². The molecule has 104 valence electrons. The van der Waals surface area contributed by atoms with Gasteiger partial charge in [-0.3, -0.25) is 0 Å². The van der Waals surface area contributed by atoms with Crippen molar-refractivity contribution in [3.8, 4) is 22.3 Å². The van der Waals surface area contributed by atoms with Crippen molar-refractivity contribution < 1.29 is 0 Å². The summed E-state index contributed by atoms with van der Waals surface area (Å²) in [5.74, 6) is 0. The third-order valence-electron chi connectivity index (χ3n) is 4.97. The molecule has 4 aromatic carbocycles. The van der Waals surface area contributed by atoms with E-state index >= 15 is 0 Å². The van der Waals surface area contributed by atoms with Crippen LogP contribution in [0.25, 0.3) is 43.8 Å². The fourth-order valence-corrected chi connectivity index (χ4v) is 3.97. The first-order valence-electron chi connectivity index (χ1n) is 7.80. The van der Waals surface area contributed by atoms with E-state index in [0.29, 0.717) is 0 Å². The van der Waals surface area contributed by atoms with E-state index in [4.69, 9.17) is 0 Å². The zero-order valence-electron chi connectivity index (χ0n) is 12.8. The molecule has 0 unspecified atom stereocenters. The summed E-state index contributed by atoms with van der Waals surface area (Å²) in [6.07, 6.45) is 0. The number of benzene rings is 4. The van der Waals surface area contributed by atoms with Crippen LogP contribution in [0.3, 0.4) is 0 Å². The lowest BCUT2D eigenvalue weighted by atomic mass is 9.95. The van der Waals surface area contributed by atoms with Gasteiger partial charge in [0.15, 0.2) is 0 Å². The first-order valence-corrected chi connectivity index (χ1v) is 7.80. The molecule has 0 spiro atoms. The molecule has 0 saturated carbocycles. The van der Waals surface area contributed by atoms with Crippen molar-refractivity contribution in [2.75, 3.05) is 0 Å². The zero-order chi connectivity index (χ0) is 14.8. The van der Waals surface area contributed by atoms with E-state index in [1.54, 1.807) is 0 Å². The molecular weight excluding hydrogens is 264 g/mol. The summed E-state index contributed by atoms with van der Waals surface area (Å²) in [5, 5.41) is 5.47. The van der Waals surface area contributed by atoms with E-state index in [9.17, 15) is 0 Å². The van der Waals surface area contributed by atoms with Gasteiger partial charge in [0.25, 0.3) is 0 Å². The number of hydrogen-bond donors (Lipinski definition) is 0. The number of aryl methyl sites for hydroxylation is 2. The van der Waals surface area contributed by atoms with Crippen LogP contribution >= 0.6 is 0 Å². The lowest BCUT2D eigenvalue weighted by molar-refractivity contribution is 1.50. The second-order valence-corrected chi connectivity index (χ2v) is 6.37. The maximum Gasteiger partial charge on any atom is -0.00199 e. The van der Waals surface area contributed by atoms with Crippen LogP contribution in [0, 0.1) is 13.8 Å². The highest BCUT2D eigenvalue weighted by atomic mass is 14.3. The third-order valence-corrected chi connectivity index (χ3v) is 4.97. The quantitative estimate of drug-likeness (QED) is 0.314. The van der Waals surface area contributed by atoms with Crippen LogP contribution in [0.4, 0.5) is 0 Å². The van der Waals surface area contributed by atoms with Crippen LogP contribution in [0.5, 0.6) is 0 Å². The van der Waals surface area contributed by atoms with Crippen molar-refractivity contribution in [1.29, 1.82) is 0 Å². The Bertz CT molecular complexity index is 1080. The summed E-state index contributed by atoms with van der Waals surface area (Å²) in [5.41, 5.74) is 8.30. The smallest absolute Gasteiger partial charge is 0.00199 e. The molecule has 0 radical (unpaired) electrons. The Morgan fingerprint density at radius 2 is 1.45 bits per heavy atom. The van der Waals surface area contributed by atoms with Crippen LogP contribution in [0.2, 0.25) is 0 Å². The zero-order valence-corrected chi connectivity index (χ0v) is 12.8. The molecule has 0 heteroatoms. The van der Waals surface area contributed by atoms with E-state index in [-0.39, 0.29) is 0 Å². The van der Waals surface area contributed by atoms with Crippen LogP contribution in [0.15, 0.2) is 60.7 Å². The summed E-state index contributed by atoms with van der Waals surface area (Å²) in [6.45, 7) is 4.40. The van der Waals surface area contributed by atoms with Crippen LogP contribution in [-0.4, -0.2) is 0 Å². The molecule has 22 heavy (non-hydrogen) atoms. The number of rotatable bonds is 0. The predicted octanol–water partition coefficient (Wildman–Crippen LogP) is 6.26. The third kappa shape index (κ3) is 1.37. The molecule has 0 heterocycles. The summed E-state index contributed by atoms with van der Waals surface area (Å²) >= 11 is 0. The second kappa shape index (κ2) is 3.98. The van der Waals surface area contributed by atoms with Crippen molar-refractivity contribution in [3.05, 3.63) is 71.8 Å². The normalized spacial score (nSPS) is 12.1. The SMILES string of the molecule is Cc1ccc2ccc3c(c2c1)-c1cccc2ccc(C)c-3c12. The maximum absolute atomic E-state index is 2.33. The maximum atomic E-state index is 2.33. The van der Waals surface area contributed by atoms with Gasteiger partial charge in [0.2, 0.25) is 0 Å². The van der Waals surface area contributed by atoms with Gasteiger partial charge in [0.05, 0.1) is 0 Å². The lowest BCUT2D eigenvalue weighted by Gasteiger charge is -2.09. The summed E-state index contributed by atoms with van der Waals surface area (Å²) in [7, 11) is 0. The van der Waals surface area contributed by atoms with E-state index in [1.165, 1.54) is 54.9 Å². The highest BCUT2D eigenvalue weighted by Gasteiger charge is 2.24. The molecule has 0 bridgehead atoms. The topological polar surface area (TPSA) is 0 Å². The number of hydrogen-bond acceptors (Lipinski definition) is 0. The van der Waals surface area contributed by atoms with Gasteiger partial charge in [-0.15, -0.1) is 0 Å². The number of fused-ring (bicyclic) bond motifs is 5. The second-order valence-electron chi connectivity index (χ2n) is 6.37. The largest absolute Gasteiger partial charge is 0.0610 e. The molecule has 0 N–H and O–H groups in total. The molecule has 0 amide bonds. The van der Waals surface area contributed by atoms with Crippen molar-refractivity contribution >= 4 is 21.5 Å². The minimum atomic E-state index is 1.32.